The van der Waals surface area contributed by atoms with Crippen molar-refractivity contribution in [3.8, 4) is 11.5 Å². The molecule has 4 heterocycles. The second-order valence-electron chi connectivity index (χ2n) is 6.74. The number of H-pyrrole nitrogens is 1. The van der Waals surface area contributed by atoms with E-state index in [-0.39, 0.29) is 30.0 Å². The summed E-state index contributed by atoms with van der Waals surface area (Å²) in [6, 6.07) is 8.41. The largest absolute Gasteiger partial charge is 0.460 e. The molecule has 27 heavy (non-hydrogen) atoms. The third-order valence-corrected chi connectivity index (χ3v) is 4.94. The van der Waals surface area contributed by atoms with Crippen molar-refractivity contribution < 1.29 is 18.7 Å². The molecule has 4 rings (SSSR count). The maximum Gasteiger partial charge on any atom is 0.274 e. The molecule has 2 N–H and O–H groups in total. The maximum atomic E-state index is 13.9. The van der Waals surface area contributed by atoms with Crippen molar-refractivity contribution in [2.75, 3.05) is 13.1 Å². The normalized spacial score (nSPS) is 16.5. The summed E-state index contributed by atoms with van der Waals surface area (Å²) in [5, 5.41) is 17.7. The van der Waals surface area contributed by atoms with E-state index in [9.17, 15) is 14.3 Å². The van der Waals surface area contributed by atoms with Gasteiger partial charge in [-0.2, -0.15) is 9.49 Å². The second kappa shape index (κ2) is 6.62. The Morgan fingerprint density at radius 1 is 1.33 bits per heavy atom. The minimum atomic E-state index is -1.32. The van der Waals surface area contributed by atoms with Crippen LogP contribution in [0.5, 0.6) is 0 Å². The molecule has 1 aliphatic heterocycles. The number of piperidine rings is 1. The summed E-state index contributed by atoms with van der Waals surface area (Å²) in [6.45, 7) is 2.43. The Morgan fingerprint density at radius 3 is 2.78 bits per heavy atom. The highest BCUT2D eigenvalue weighted by molar-refractivity contribution is 5.93. The summed E-state index contributed by atoms with van der Waals surface area (Å²) in [5.41, 5.74) is -0.251. The van der Waals surface area contributed by atoms with E-state index >= 15 is 0 Å². The number of aromatic amines is 1. The predicted molar refractivity (Wildman–Crippen MR) is 94.3 cm³/mol. The highest BCUT2D eigenvalue weighted by Crippen LogP contribution is 2.34. The standard InChI is InChI=1S/C19H19FN4O3/c1-12-4-5-16(27-12)14-11-15(23-22-14)18(25)24-9-6-19(26,7-10-24)13-3-2-8-21-17(13)20/h2-5,8,11,26H,6-7,9-10H2,1H3,(H,22,23). The van der Waals surface area contributed by atoms with Gasteiger partial charge >= 0.3 is 0 Å². The highest BCUT2D eigenvalue weighted by Gasteiger charge is 2.38. The first-order chi connectivity index (χ1) is 13.0. The molecule has 0 spiro atoms. The lowest BCUT2D eigenvalue weighted by Gasteiger charge is -2.38. The van der Waals surface area contributed by atoms with Gasteiger partial charge in [0.1, 0.15) is 11.5 Å². The third kappa shape index (κ3) is 3.23. The van der Waals surface area contributed by atoms with Gasteiger partial charge in [0.05, 0.1) is 5.60 Å². The molecule has 0 unspecified atom stereocenters. The Kier molecular flexibility index (Phi) is 4.27. The number of hydrogen-bond donors (Lipinski definition) is 2. The quantitative estimate of drug-likeness (QED) is 0.691. The van der Waals surface area contributed by atoms with Gasteiger partial charge < -0.3 is 14.4 Å². The Hall–Kier alpha value is -3.00. The number of aryl methyl sites for hydroxylation is 1. The molecule has 8 heteroatoms. The van der Waals surface area contributed by atoms with Crippen LogP contribution in [0.15, 0.2) is 40.9 Å². The minimum absolute atomic E-state index is 0.173. The minimum Gasteiger partial charge on any atom is -0.460 e. The first-order valence-corrected chi connectivity index (χ1v) is 8.71. The fourth-order valence-electron chi connectivity index (χ4n) is 3.38. The van der Waals surface area contributed by atoms with Crippen molar-refractivity contribution in [3.63, 3.8) is 0 Å². The van der Waals surface area contributed by atoms with E-state index in [0.717, 1.165) is 5.76 Å². The summed E-state index contributed by atoms with van der Waals surface area (Å²) in [7, 11) is 0. The van der Waals surface area contributed by atoms with Crippen LogP contribution in [0.4, 0.5) is 4.39 Å². The number of hydrogen-bond acceptors (Lipinski definition) is 5. The number of pyridine rings is 1. The summed E-state index contributed by atoms with van der Waals surface area (Å²) in [5.74, 6) is 0.462. The topological polar surface area (TPSA) is 95.3 Å². The van der Waals surface area contributed by atoms with Crippen LogP contribution in [0.1, 0.15) is 34.7 Å². The monoisotopic (exact) mass is 370 g/mol. The number of nitrogens with one attached hydrogen (secondary N) is 1. The van der Waals surface area contributed by atoms with E-state index in [1.807, 2.05) is 13.0 Å². The van der Waals surface area contributed by atoms with Crippen molar-refractivity contribution >= 4 is 5.91 Å². The van der Waals surface area contributed by atoms with Crippen molar-refractivity contribution in [2.24, 2.45) is 0 Å². The maximum absolute atomic E-state index is 13.9. The molecule has 0 aromatic carbocycles. The number of halogens is 1. The van der Waals surface area contributed by atoms with Crippen LogP contribution in [0.3, 0.4) is 0 Å². The van der Waals surface area contributed by atoms with Crippen molar-refractivity contribution in [1.82, 2.24) is 20.1 Å². The van der Waals surface area contributed by atoms with Gasteiger partial charge in [0, 0.05) is 30.9 Å². The van der Waals surface area contributed by atoms with Gasteiger partial charge in [-0.05, 0) is 38.0 Å². The van der Waals surface area contributed by atoms with Crippen LogP contribution in [-0.4, -0.2) is 44.2 Å². The van der Waals surface area contributed by atoms with Crippen molar-refractivity contribution in [1.29, 1.82) is 0 Å². The molecule has 1 fully saturated rings. The lowest BCUT2D eigenvalue weighted by Crippen LogP contribution is -2.45. The Balaban J connectivity index is 1.46. The first-order valence-electron chi connectivity index (χ1n) is 8.71. The SMILES string of the molecule is Cc1ccc(-c2cc(C(=O)N3CCC(O)(c4cccnc4F)CC3)n[nH]2)o1. The molecule has 0 radical (unpaired) electrons. The van der Waals surface area contributed by atoms with Crippen LogP contribution in [0.25, 0.3) is 11.5 Å². The summed E-state index contributed by atoms with van der Waals surface area (Å²) < 4.78 is 19.5. The number of aliphatic hydroxyl groups is 1. The molecular weight excluding hydrogens is 351 g/mol. The molecule has 1 amide bonds. The molecule has 0 atom stereocenters. The second-order valence-corrected chi connectivity index (χ2v) is 6.74. The van der Waals surface area contributed by atoms with Crippen molar-refractivity contribution in [3.05, 3.63) is 59.5 Å². The van der Waals surface area contributed by atoms with Crippen LogP contribution < -0.4 is 0 Å². The zero-order valence-corrected chi connectivity index (χ0v) is 14.8. The molecule has 3 aromatic heterocycles. The molecule has 1 saturated heterocycles. The molecule has 3 aromatic rings. The summed E-state index contributed by atoms with van der Waals surface area (Å²) in [6.07, 6.45) is 1.81. The fourth-order valence-corrected chi connectivity index (χ4v) is 3.38. The van der Waals surface area contributed by atoms with E-state index in [0.29, 0.717) is 24.5 Å². The number of furan rings is 1. The van der Waals surface area contributed by atoms with Gasteiger partial charge in [0.2, 0.25) is 5.95 Å². The smallest absolute Gasteiger partial charge is 0.274 e. The Morgan fingerprint density at radius 2 is 2.11 bits per heavy atom. The molecule has 140 valence electrons. The van der Waals surface area contributed by atoms with E-state index in [2.05, 4.69) is 15.2 Å². The predicted octanol–water partition coefficient (Wildman–Crippen LogP) is 2.64. The number of rotatable bonds is 3. The molecule has 7 nitrogen and oxygen atoms in total. The average Bonchev–Trinajstić information content (AvgIpc) is 3.31. The van der Waals surface area contributed by atoms with Crippen LogP contribution in [0.2, 0.25) is 0 Å². The fraction of sp³-hybridized carbons (Fsp3) is 0.316. The number of amides is 1. The summed E-state index contributed by atoms with van der Waals surface area (Å²) in [4.78, 5) is 17.9. The number of nitrogens with zero attached hydrogens (tertiary/aromatic N) is 3. The van der Waals surface area contributed by atoms with Crippen LogP contribution >= 0.6 is 0 Å². The van der Waals surface area contributed by atoms with Gasteiger partial charge in [0.15, 0.2) is 11.5 Å². The number of carbonyl (C=O) groups excluding carboxylic acids is 1. The van der Waals surface area contributed by atoms with Crippen LogP contribution in [-0.2, 0) is 5.60 Å². The lowest BCUT2D eigenvalue weighted by atomic mass is 9.85. The van der Waals surface area contributed by atoms with Gasteiger partial charge in [-0.15, -0.1) is 0 Å². The molecule has 1 aliphatic rings. The number of aromatic nitrogens is 3. The number of carbonyl (C=O) groups is 1. The van der Waals surface area contributed by atoms with Crippen molar-refractivity contribution in [2.45, 2.75) is 25.4 Å². The van der Waals surface area contributed by atoms with Gasteiger partial charge in [-0.1, -0.05) is 6.07 Å². The van der Waals surface area contributed by atoms with Gasteiger partial charge in [-0.3, -0.25) is 9.89 Å². The Bertz CT molecular complexity index is 973. The molecule has 0 saturated carbocycles. The molecular formula is C19H19FN4O3. The van der Waals surface area contributed by atoms with E-state index in [1.165, 1.54) is 12.3 Å². The van der Waals surface area contributed by atoms with Gasteiger partial charge in [-0.25, -0.2) is 4.98 Å². The van der Waals surface area contributed by atoms with E-state index in [4.69, 9.17) is 4.42 Å². The zero-order chi connectivity index (χ0) is 19.0. The van der Waals surface area contributed by atoms with Crippen LogP contribution in [0, 0.1) is 12.9 Å². The molecule has 0 aliphatic carbocycles. The highest BCUT2D eigenvalue weighted by atomic mass is 19.1. The first kappa shape index (κ1) is 17.4. The lowest BCUT2D eigenvalue weighted by molar-refractivity contribution is -0.0242. The van der Waals surface area contributed by atoms with Gasteiger partial charge in [0.25, 0.3) is 5.91 Å². The van der Waals surface area contributed by atoms with E-state index in [1.54, 1.807) is 23.1 Å². The Labute approximate surface area is 154 Å². The summed E-state index contributed by atoms with van der Waals surface area (Å²) >= 11 is 0. The number of likely N-dealkylation sites (tertiary alicyclic amines) is 1. The third-order valence-electron chi connectivity index (χ3n) is 4.94. The van der Waals surface area contributed by atoms with E-state index < -0.39 is 11.5 Å². The average molecular weight is 370 g/mol. The zero-order valence-electron chi connectivity index (χ0n) is 14.8. The molecule has 0 bridgehead atoms.